The number of rotatable bonds is 4. The van der Waals surface area contributed by atoms with Gasteiger partial charge in [-0.05, 0) is 36.2 Å². The fourth-order valence-corrected chi connectivity index (χ4v) is 2.03. The molecule has 1 amide bonds. The minimum absolute atomic E-state index is 0.0375. The van der Waals surface area contributed by atoms with Crippen molar-refractivity contribution in [1.29, 1.82) is 0 Å². The highest BCUT2D eigenvalue weighted by Crippen LogP contribution is 2.24. The molecular weight excluding hydrogens is 252 g/mol. The van der Waals surface area contributed by atoms with Crippen LogP contribution in [-0.2, 0) is 0 Å². The van der Waals surface area contributed by atoms with E-state index in [1.54, 1.807) is 12.1 Å². The molecule has 0 radical (unpaired) electrons. The van der Waals surface area contributed by atoms with Gasteiger partial charge in [-0.2, -0.15) is 5.10 Å². The number of hydrogen-bond donors (Lipinski definition) is 2. The Bertz CT molecular complexity index is 663. The minimum atomic E-state index is -0.399. The summed E-state index contributed by atoms with van der Waals surface area (Å²) in [5.74, 6) is -0.437. The molecule has 2 aromatic carbocycles. The fourth-order valence-electron chi connectivity index (χ4n) is 2.03. The first-order valence-electron chi connectivity index (χ1n) is 6.67. The molecule has 0 fully saturated rings. The summed E-state index contributed by atoms with van der Waals surface area (Å²) in [5, 5.41) is 15.8. The summed E-state index contributed by atoms with van der Waals surface area (Å²) in [7, 11) is 0. The van der Waals surface area contributed by atoms with Crippen molar-refractivity contribution < 1.29 is 9.90 Å². The number of hydrogen-bond acceptors (Lipinski definition) is 3. The molecule has 2 N–H and O–H groups in total. The molecule has 0 spiro atoms. The highest BCUT2D eigenvalue weighted by molar-refractivity contribution is 6.01. The van der Waals surface area contributed by atoms with Crippen LogP contribution in [0.5, 0.6) is 5.75 Å². The second-order valence-electron chi connectivity index (χ2n) is 4.75. The summed E-state index contributed by atoms with van der Waals surface area (Å²) in [5.41, 5.74) is 3.57. The number of hydrazone groups is 1. The summed E-state index contributed by atoms with van der Waals surface area (Å²) >= 11 is 0. The Balaban J connectivity index is 2.26. The zero-order chi connectivity index (χ0) is 14.5. The van der Waals surface area contributed by atoms with Crippen LogP contribution in [0.4, 0.5) is 0 Å². The first-order valence-corrected chi connectivity index (χ1v) is 6.67. The number of benzene rings is 2. The molecule has 0 aromatic heterocycles. The molecule has 0 aliphatic heterocycles. The highest BCUT2D eigenvalue weighted by Gasteiger charge is 2.11. The van der Waals surface area contributed by atoms with Crippen LogP contribution in [-0.4, -0.2) is 16.7 Å². The first kappa shape index (κ1) is 14.1. The van der Waals surface area contributed by atoms with E-state index >= 15 is 0 Å². The highest BCUT2D eigenvalue weighted by atomic mass is 16.3. The SMILES string of the molecule is CCCC(C)=NNC(=O)c1cc2ccccc2cc1O. The lowest BCUT2D eigenvalue weighted by atomic mass is 10.1. The van der Waals surface area contributed by atoms with E-state index in [0.717, 1.165) is 29.3 Å². The Labute approximate surface area is 118 Å². The van der Waals surface area contributed by atoms with Crippen molar-refractivity contribution in [2.75, 3.05) is 0 Å². The van der Waals surface area contributed by atoms with Crippen LogP contribution in [0.2, 0.25) is 0 Å². The molecule has 4 nitrogen and oxygen atoms in total. The smallest absolute Gasteiger partial charge is 0.275 e. The summed E-state index contributed by atoms with van der Waals surface area (Å²) in [6.45, 7) is 3.92. The molecule has 2 rings (SSSR count). The van der Waals surface area contributed by atoms with Gasteiger partial charge in [0.1, 0.15) is 5.75 Å². The average Bonchev–Trinajstić information content (AvgIpc) is 2.44. The quantitative estimate of drug-likeness (QED) is 0.660. The molecule has 4 heteroatoms. The number of carbonyl (C=O) groups is 1. The number of amides is 1. The number of aromatic hydroxyl groups is 1. The second-order valence-corrected chi connectivity index (χ2v) is 4.75. The average molecular weight is 270 g/mol. The van der Waals surface area contributed by atoms with Gasteiger partial charge in [-0.25, -0.2) is 5.43 Å². The molecule has 0 bridgehead atoms. The van der Waals surface area contributed by atoms with Crippen LogP contribution in [0.3, 0.4) is 0 Å². The van der Waals surface area contributed by atoms with Crippen LogP contribution in [0.25, 0.3) is 10.8 Å². The van der Waals surface area contributed by atoms with Crippen LogP contribution in [0, 0.1) is 0 Å². The van der Waals surface area contributed by atoms with E-state index in [1.165, 1.54) is 0 Å². The summed E-state index contributed by atoms with van der Waals surface area (Å²) in [4.78, 5) is 12.0. The number of phenolic OH excluding ortho intramolecular Hbond substituents is 1. The molecular formula is C16H18N2O2. The standard InChI is InChI=1S/C16H18N2O2/c1-3-6-11(2)17-18-16(20)14-9-12-7-4-5-8-13(12)10-15(14)19/h4-5,7-10,19H,3,6H2,1-2H3,(H,18,20). The maximum absolute atomic E-state index is 12.0. The lowest BCUT2D eigenvalue weighted by Gasteiger charge is -2.06. The predicted molar refractivity (Wildman–Crippen MR) is 81.1 cm³/mol. The van der Waals surface area contributed by atoms with Crippen LogP contribution in [0.1, 0.15) is 37.0 Å². The molecule has 0 atom stereocenters. The summed E-state index contributed by atoms with van der Waals surface area (Å²) in [6.07, 6.45) is 1.82. The molecule has 104 valence electrons. The lowest BCUT2D eigenvalue weighted by molar-refractivity contribution is 0.0952. The van der Waals surface area contributed by atoms with Gasteiger partial charge < -0.3 is 5.11 Å². The van der Waals surface area contributed by atoms with Gasteiger partial charge in [0.05, 0.1) is 5.56 Å². The van der Waals surface area contributed by atoms with Gasteiger partial charge in [0.25, 0.3) is 5.91 Å². The van der Waals surface area contributed by atoms with E-state index in [4.69, 9.17) is 0 Å². The predicted octanol–water partition coefficient (Wildman–Crippen LogP) is 3.45. The van der Waals surface area contributed by atoms with Crippen LogP contribution in [0.15, 0.2) is 41.5 Å². The van der Waals surface area contributed by atoms with Gasteiger partial charge in [-0.1, -0.05) is 37.6 Å². The third-order valence-corrected chi connectivity index (χ3v) is 3.07. The van der Waals surface area contributed by atoms with Crippen LogP contribution < -0.4 is 5.43 Å². The second kappa shape index (κ2) is 6.19. The Kier molecular flexibility index (Phi) is 4.35. The lowest BCUT2D eigenvalue weighted by Crippen LogP contribution is -2.19. The van der Waals surface area contributed by atoms with E-state index in [1.807, 2.05) is 31.2 Å². The molecule has 2 aromatic rings. The Morgan fingerprint density at radius 1 is 1.25 bits per heavy atom. The maximum atomic E-state index is 12.0. The zero-order valence-electron chi connectivity index (χ0n) is 11.7. The number of phenols is 1. The molecule has 20 heavy (non-hydrogen) atoms. The fraction of sp³-hybridized carbons (Fsp3) is 0.250. The normalized spacial score (nSPS) is 11.6. The number of nitrogens with zero attached hydrogens (tertiary/aromatic N) is 1. The van der Waals surface area contributed by atoms with E-state index in [0.29, 0.717) is 0 Å². The molecule has 0 aliphatic carbocycles. The van der Waals surface area contributed by atoms with Crippen LogP contribution >= 0.6 is 0 Å². The Morgan fingerprint density at radius 3 is 2.55 bits per heavy atom. The van der Waals surface area contributed by atoms with Gasteiger partial charge >= 0.3 is 0 Å². The van der Waals surface area contributed by atoms with E-state index in [9.17, 15) is 9.90 Å². The number of nitrogens with one attached hydrogen (secondary N) is 1. The monoisotopic (exact) mass is 270 g/mol. The van der Waals surface area contributed by atoms with Gasteiger partial charge in [0, 0.05) is 5.71 Å². The van der Waals surface area contributed by atoms with Crippen molar-refractivity contribution in [2.45, 2.75) is 26.7 Å². The van der Waals surface area contributed by atoms with Gasteiger partial charge in [-0.3, -0.25) is 4.79 Å². The minimum Gasteiger partial charge on any atom is -0.507 e. The molecule has 0 saturated carbocycles. The third-order valence-electron chi connectivity index (χ3n) is 3.07. The topological polar surface area (TPSA) is 61.7 Å². The van der Waals surface area contributed by atoms with Crippen molar-refractivity contribution in [1.82, 2.24) is 5.43 Å². The number of carbonyl (C=O) groups excluding carboxylic acids is 1. The maximum Gasteiger partial charge on any atom is 0.275 e. The summed E-state index contributed by atoms with van der Waals surface area (Å²) < 4.78 is 0. The third kappa shape index (κ3) is 3.15. The van der Waals surface area contributed by atoms with E-state index < -0.39 is 5.91 Å². The van der Waals surface area contributed by atoms with Gasteiger partial charge in [0.15, 0.2) is 0 Å². The van der Waals surface area contributed by atoms with Crippen molar-refractivity contribution in [2.24, 2.45) is 5.10 Å². The Morgan fingerprint density at radius 2 is 1.90 bits per heavy atom. The van der Waals surface area contributed by atoms with E-state index in [-0.39, 0.29) is 11.3 Å². The molecule has 0 saturated heterocycles. The molecule has 0 heterocycles. The van der Waals surface area contributed by atoms with Crippen molar-refractivity contribution in [3.63, 3.8) is 0 Å². The molecule has 0 unspecified atom stereocenters. The van der Waals surface area contributed by atoms with Crippen molar-refractivity contribution >= 4 is 22.4 Å². The van der Waals surface area contributed by atoms with Crippen molar-refractivity contribution in [3.05, 3.63) is 42.0 Å². The van der Waals surface area contributed by atoms with Crippen molar-refractivity contribution in [3.8, 4) is 5.75 Å². The largest absolute Gasteiger partial charge is 0.507 e. The first-order chi connectivity index (χ1) is 9.61. The Hall–Kier alpha value is -2.36. The number of fused-ring (bicyclic) bond motifs is 1. The summed E-state index contributed by atoms with van der Waals surface area (Å²) in [6, 6.07) is 10.8. The zero-order valence-corrected chi connectivity index (χ0v) is 11.7. The van der Waals surface area contributed by atoms with E-state index in [2.05, 4.69) is 17.5 Å². The van der Waals surface area contributed by atoms with Gasteiger partial charge in [-0.15, -0.1) is 0 Å². The molecule has 0 aliphatic rings. The van der Waals surface area contributed by atoms with Gasteiger partial charge in [0.2, 0.25) is 0 Å².